The van der Waals surface area contributed by atoms with Crippen molar-refractivity contribution in [1.29, 1.82) is 0 Å². The number of carbonyl (C=O) groups excluding carboxylic acids is 1. The van der Waals surface area contributed by atoms with Gasteiger partial charge in [-0.2, -0.15) is 0 Å². The molecule has 0 spiro atoms. The maximum absolute atomic E-state index is 12.3. The van der Waals surface area contributed by atoms with E-state index >= 15 is 0 Å². The first-order chi connectivity index (χ1) is 12.2. The summed E-state index contributed by atoms with van der Waals surface area (Å²) in [6.07, 6.45) is 0. The van der Waals surface area contributed by atoms with E-state index in [1.165, 1.54) is 0 Å². The lowest BCUT2D eigenvalue weighted by atomic mass is 10.1. The SMILES string of the molecule is O=C(NCc1ccccc1)c1cccc(COc2ccccc2Br)c1. The van der Waals surface area contributed by atoms with Gasteiger partial charge in [0.1, 0.15) is 12.4 Å². The smallest absolute Gasteiger partial charge is 0.251 e. The van der Waals surface area contributed by atoms with E-state index in [0.29, 0.717) is 18.7 Å². The minimum Gasteiger partial charge on any atom is -0.488 e. The standard InChI is InChI=1S/C21H18BrNO2/c22-19-11-4-5-12-20(19)25-15-17-9-6-10-18(13-17)21(24)23-14-16-7-2-1-3-8-16/h1-13H,14-15H2,(H,23,24). The van der Waals surface area contributed by atoms with Gasteiger partial charge in [-0.3, -0.25) is 4.79 Å². The van der Waals surface area contributed by atoms with E-state index < -0.39 is 0 Å². The molecule has 0 aromatic heterocycles. The Bertz CT molecular complexity index is 849. The molecule has 126 valence electrons. The van der Waals surface area contributed by atoms with Crippen LogP contribution in [0, 0.1) is 0 Å². The number of rotatable bonds is 6. The van der Waals surface area contributed by atoms with Gasteiger partial charge in [0.25, 0.3) is 5.91 Å². The summed E-state index contributed by atoms with van der Waals surface area (Å²) in [4.78, 5) is 12.3. The van der Waals surface area contributed by atoms with Gasteiger partial charge in [-0.25, -0.2) is 0 Å². The second-order valence-electron chi connectivity index (χ2n) is 5.59. The molecule has 0 bridgehead atoms. The van der Waals surface area contributed by atoms with Gasteiger partial charge in [0.15, 0.2) is 0 Å². The highest BCUT2D eigenvalue weighted by atomic mass is 79.9. The molecule has 3 aromatic carbocycles. The minimum absolute atomic E-state index is 0.0911. The van der Waals surface area contributed by atoms with E-state index in [9.17, 15) is 4.79 Å². The number of carbonyl (C=O) groups is 1. The Labute approximate surface area is 155 Å². The van der Waals surface area contributed by atoms with E-state index in [1.807, 2.05) is 78.9 Å². The largest absolute Gasteiger partial charge is 0.488 e. The molecule has 0 aliphatic carbocycles. The maximum atomic E-state index is 12.3. The summed E-state index contributed by atoms with van der Waals surface area (Å²) in [5.41, 5.74) is 2.65. The van der Waals surface area contributed by atoms with Crippen molar-refractivity contribution in [1.82, 2.24) is 5.32 Å². The summed E-state index contributed by atoms with van der Waals surface area (Å²) in [5.74, 6) is 0.688. The number of amides is 1. The Morgan fingerprint density at radius 2 is 1.60 bits per heavy atom. The third-order valence-electron chi connectivity index (χ3n) is 3.72. The van der Waals surface area contributed by atoms with Crippen molar-refractivity contribution in [3.8, 4) is 5.75 Å². The van der Waals surface area contributed by atoms with Crippen molar-refractivity contribution in [2.45, 2.75) is 13.2 Å². The molecule has 0 radical (unpaired) electrons. The van der Waals surface area contributed by atoms with E-state index in [4.69, 9.17) is 4.74 Å². The minimum atomic E-state index is -0.0911. The molecule has 0 fully saturated rings. The topological polar surface area (TPSA) is 38.3 Å². The van der Waals surface area contributed by atoms with Gasteiger partial charge in [0, 0.05) is 12.1 Å². The number of benzene rings is 3. The molecule has 3 aromatic rings. The van der Waals surface area contributed by atoms with Crippen LogP contribution < -0.4 is 10.1 Å². The number of nitrogens with one attached hydrogen (secondary N) is 1. The Hall–Kier alpha value is -2.59. The van der Waals surface area contributed by atoms with E-state index in [-0.39, 0.29) is 5.91 Å². The number of para-hydroxylation sites is 1. The van der Waals surface area contributed by atoms with Crippen molar-refractivity contribution in [3.05, 3.63) is 100 Å². The highest BCUT2D eigenvalue weighted by molar-refractivity contribution is 9.10. The molecule has 4 heteroatoms. The monoisotopic (exact) mass is 395 g/mol. The van der Waals surface area contributed by atoms with Gasteiger partial charge < -0.3 is 10.1 Å². The molecule has 0 aliphatic heterocycles. The summed E-state index contributed by atoms with van der Waals surface area (Å²) in [6.45, 7) is 0.916. The first-order valence-corrected chi connectivity index (χ1v) is 8.80. The highest BCUT2D eigenvalue weighted by Gasteiger charge is 2.07. The van der Waals surface area contributed by atoms with Gasteiger partial charge in [0.2, 0.25) is 0 Å². The highest BCUT2D eigenvalue weighted by Crippen LogP contribution is 2.24. The molecule has 0 unspecified atom stereocenters. The van der Waals surface area contributed by atoms with Crippen molar-refractivity contribution < 1.29 is 9.53 Å². The average Bonchev–Trinajstić information content (AvgIpc) is 2.66. The summed E-state index contributed by atoms with van der Waals surface area (Å²) in [5, 5.41) is 2.94. The normalized spacial score (nSPS) is 10.3. The fraction of sp³-hybridized carbons (Fsp3) is 0.0952. The van der Waals surface area contributed by atoms with Crippen LogP contribution in [0.5, 0.6) is 5.75 Å². The molecule has 25 heavy (non-hydrogen) atoms. The molecule has 0 aliphatic rings. The Kier molecular flexibility index (Phi) is 5.86. The van der Waals surface area contributed by atoms with Crippen molar-refractivity contribution in [3.63, 3.8) is 0 Å². The zero-order chi connectivity index (χ0) is 17.5. The number of halogens is 1. The number of hydrogen-bond acceptors (Lipinski definition) is 2. The summed E-state index contributed by atoms with van der Waals surface area (Å²) < 4.78 is 6.72. The predicted molar refractivity (Wildman–Crippen MR) is 103 cm³/mol. The van der Waals surface area contributed by atoms with E-state index in [2.05, 4.69) is 21.2 Å². The van der Waals surface area contributed by atoms with Crippen LogP contribution in [-0.4, -0.2) is 5.91 Å². The summed E-state index contributed by atoms with van der Waals surface area (Å²) >= 11 is 3.46. The fourth-order valence-corrected chi connectivity index (χ4v) is 2.80. The third-order valence-corrected chi connectivity index (χ3v) is 4.37. The van der Waals surface area contributed by atoms with Crippen LogP contribution in [0.25, 0.3) is 0 Å². The lowest BCUT2D eigenvalue weighted by Crippen LogP contribution is -2.22. The van der Waals surface area contributed by atoms with E-state index in [1.54, 1.807) is 0 Å². The Morgan fingerprint density at radius 1 is 0.880 bits per heavy atom. The van der Waals surface area contributed by atoms with Crippen LogP contribution in [0.4, 0.5) is 0 Å². The van der Waals surface area contributed by atoms with Crippen molar-refractivity contribution >= 4 is 21.8 Å². The second kappa shape index (κ2) is 8.49. The Morgan fingerprint density at radius 3 is 2.40 bits per heavy atom. The van der Waals surface area contributed by atoms with Crippen LogP contribution in [-0.2, 0) is 13.2 Å². The lowest BCUT2D eigenvalue weighted by molar-refractivity contribution is 0.0950. The molecular formula is C21H18BrNO2. The molecule has 1 amide bonds. The molecule has 0 saturated carbocycles. The molecule has 3 nitrogen and oxygen atoms in total. The quantitative estimate of drug-likeness (QED) is 0.640. The van der Waals surface area contributed by atoms with Crippen LogP contribution in [0.1, 0.15) is 21.5 Å². The molecule has 1 N–H and O–H groups in total. The first-order valence-electron chi connectivity index (χ1n) is 8.01. The van der Waals surface area contributed by atoms with Crippen molar-refractivity contribution in [2.24, 2.45) is 0 Å². The Balaban J connectivity index is 1.61. The molecule has 0 saturated heterocycles. The third kappa shape index (κ3) is 4.94. The fourth-order valence-electron chi connectivity index (χ4n) is 2.41. The van der Waals surface area contributed by atoms with Gasteiger partial charge in [-0.05, 0) is 51.3 Å². The molecular weight excluding hydrogens is 378 g/mol. The molecule has 3 rings (SSSR count). The molecule has 0 heterocycles. The average molecular weight is 396 g/mol. The van der Waals surface area contributed by atoms with Gasteiger partial charge >= 0.3 is 0 Å². The number of hydrogen-bond donors (Lipinski definition) is 1. The van der Waals surface area contributed by atoms with Crippen LogP contribution in [0.15, 0.2) is 83.3 Å². The number of ether oxygens (including phenoxy) is 1. The van der Waals surface area contributed by atoms with Gasteiger partial charge in [-0.1, -0.05) is 54.6 Å². The molecule has 0 atom stereocenters. The van der Waals surface area contributed by atoms with Gasteiger partial charge in [-0.15, -0.1) is 0 Å². The zero-order valence-electron chi connectivity index (χ0n) is 13.6. The van der Waals surface area contributed by atoms with Gasteiger partial charge in [0.05, 0.1) is 4.47 Å². The summed E-state index contributed by atoms with van der Waals surface area (Å²) in [7, 11) is 0. The predicted octanol–water partition coefficient (Wildman–Crippen LogP) is 4.96. The lowest BCUT2D eigenvalue weighted by Gasteiger charge is -2.10. The maximum Gasteiger partial charge on any atom is 0.251 e. The van der Waals surface area contributed by atoms with Crippen LogP contribution >= 0.6 is 15.9 Å². The van der Waals surface area contributed by atoms with Crippen LogP contribution in [0.3, 0.4) is 0 Å². The first kappa shape index (κ1) is 17.2. The van der Waals surface area contributed by atoms with Crippen LogP contribution in [0.2, 0.25) is 0 Å². The summed E-state index contributed by atoms with van der Waals surface area (Å²) in [6, 6.07) is 25.0. The zero-order valence-corrected chi connectivity index (χ0v) is 15.2. The van der Waals surface area contributed by atoms with Crippen molar-refractivity contribution in [2.75, 3.05) is 0 Å². The van der Waals surface area contributed by atoms with E-state index in [0.717, 1.165) is 21.3 Å². The second-order valence-corrected chi connectivity index (χ2v) is 6.44.